The zero-order valence-electron chi connectivity index (χ0n) is 20.6. The van der Waals surface area contributed by atoms with E-state index >= 15 is 0 Å². The highest BCUT2D eigenvalue weighted by atomic mass is 16.6. The standard InChI is InChI=1S/C24H40O10/c1-3-29-15-9-5-7-11-17-31-23(27)19-33-21(25)13-14-22(26)34-20-24(28)32-18-12-8-6-10-16-30-4-2/h13-14H,3-12,15-20H2,1-2H3/b14-13+. The van der Waals surface area contributed by atoms with E-state index in [1.165, 1.54) is 0 Å². The molecule has 0 aromatic heterocycles. The molecule has 0 aliphatic heterocycles. The molecule has 10 heteroatoms. The van der Waals surface area contributed by atoms with Crippen LogP contribution in [-0.4, -0.2) is 76.7 Å². The molecule has 0 spiro atoms. The van der Waals surface area contributed by atoms with Crippen LogP contribution >= 0.6 is 0 Å². The molecule has 0 unspecified atom stereocenters. The van der Waals surface area contributed by atoms with E-state index in [1.54, 1.807) is 0 Å². The molecule has 10 nitrogen and oxygen atoms in total. The van der Waals surface area contributed by atoms with Crippen LogP contribution in [0.2, 0.25) is 0 Å². The Kier molecular flexibility index (Phi) is 22.0. The summed E-state index contributed by atoms with van der Waals surface area (Å²) < 4.78 is 29.8. The number of rotatable bonds is 22. The summed E-state index contributed by atoms with van der Waals surface area (Å²) in [6.45, 7) is 6.15. The number of hydrogen-bond acceptors (Lipinski definition) is 10. The second-order valence-electron chi connectivity index (χ2n) is 7.21. The van der Waals surface area contributed by atoms with Gasteiger partial charge in [-0.1, -0.05) is 12.8 Å². The van der Waals surface area contributed by atoms with Gasteiger partial charge < -0.3 is 28.4 Å². The Morgan fingerprint density at radius 2 is 0.853 bits per heavy atom. The molecule has 0 aliphatic carbocycles. The van der Waals surface area contributed by atoms with Crippen LogP contribution in [-0.2, 0) is 47.6 Å². The van der Waals surface area contributed by atoms with Crippen LogP contribution in [0, 0.1) is 0 Å². The van der Waals surface area contributed by atoms with Crippen LogP contribution in [0.5, 0.6) is 0 Å². The molecule has 196 valence electrons. The minimum atomic E-state index is -0.906. The van der Waals surface area contributed by atoms with E-state index in [1.807, 2.05) is 13.8 Å². The third-order valence-corrected chi connectivity index (χ3v) is 4.32. The first-order chi connectivity index (χ1) is 16.5. The highest BCUT2D eigenvalue weighted by Crippen LogP contribution is 2.02. The van der Waals surface area contributed by atoms with Crippen molar-refractivity contribution in [2.24, 2.45) is 0 Å². The lowest BCUT2D eigenvalue weighted by Crippen LogP contribution is -2.17. The van der Waals surface area contributed by atoms with Crippen LogP contribution in [0.3, 0.4) is 0 Å². The van der Waals surface area contributed by atoms with E-state index in [0.717, 1.165) is 63.9 Å². The van der Waals surface area contributed by atoms with Gasteiger partial charge in [-0.3, -0.25) is 0 Å². The Balaban J connectivity index is 3.69. The second-order valence-corrected chi connectivity index (χ2v) is 7.21. The fourth-order valence-electron chi connectivity index (χ4n) is 2.56. The lowest BCUT2D eigenvalue weighted by molar-refractivity contribution is -0.157. The number of carbonyl (C=O) groups excluding carboxylic acids is 4. The summed E-state index contributed by atoms with van der Waals surface area (Å²) in [6, 6.07) is 0. The molecule has 34 heavy (non-hydrogen) atoms. The van der Waals surface area contributed by atoms with Gasteiger partial charge in [-0.2, -0.15) is 0 Å². The topological polar surface area (TPSA) is 124 Å². The summed E-state index contributed by atoms with van der Waals surface area (Å²) in [7, 11) is 0. The highest BCUT2D eigenvalue weighted by molar-refractivity contribution is 5.93. The molecule has 0 rings (SSSR count). The number of hydrogen-bond donors (Lipinski definition) is 0. The average molecular weight is 489 g/mol. The molecule has 0 aromatic rings. The van der Waals surface area contributed by atoms with Crippen LogP contribution < -0.4 is 0 Å². The van der Waals surface area contributed by atoms with E-state index in [9.17, 15) is 19.2 Å². The first-order valence-corrected chi connectivity index (χ1v) is 12.0. The van der Waals surface area contributed by atoms with Gasteiger partial charge >= 0.3 is 23.9 Å². The van der Waals surface area contributed by atoms with Crippen molar-refractivity contribution in [2.75, 3.05) is 52.9 Å². The summed E-state index contributed by atoms with van der Waals surface area (Å²) in [6.07, 6.45) is 8.77. The van der Waals surface area contributed by atoms with Crippen molar-refractivity contribution >= 4 is 23.9 Å². The molecular formula is C24H40O10. The maximum absolute atomic E-state index is 11.5. The predicted molar refractivity (Wildman–Crippen MR) is 123 cm³/mol. The first-order valence-electron chi connectivity index (χ1n) is 12.0. The third kappa shape index (κ3) is 22.7. The van der Waals surface area contributed by atoms with Gasteiger partial charge in [0.2, 0.25) is 0 Å². The second kappa shape index (κ2) is 23.7. The van der Waals surface area contributed by atoms with E-state index < -0.39 is 37.1 Å². The van der Waals surface area contributed by atoms with Crippen molar-refractivity contribution in [1.82, 2.24) is 0 Å². The van der Waals surface area contributed by atoms with Crippen LogP contribution in [0.1, 0.15) is 65.2 Å². The van der Waals surface area contributed by atoms with Crippen molar-refractivity contribution in [2.45, 2.75) is 65.2 Å². The zero-order chi connectivity index (χ0) is 25.3. The molecule has 0 radical (unpaired) electrons. The first kappa shape index (κ1) is 31.5. The Morgan fingerprint density at radius 1 is 0.500 bits per heavy atom. The summed E-state index contributed by atoms with van der Waals surface area (Å²) in [5.74, 6) is -3.15. The minimum Gasteiger partial charge on any atom is -0.463 e. The van der Waals surface area contributed by atoms with Crippen molar-refractivity contribution in [1.29, 1.82) is 0 Å². The number of carbonyl (C=O) groups is 4. The van der Waals surface area contributed by atoms with Gasteiger partial charge in [0.1, 0.15) is 0 Å². The summed E-state index contributed by atoms with van der Waals surface area (Å²) in [5.41, 5.74) is 0. The van der Waals surface area contributed by atoms with Gasteiger partial charge in [-0.05, 0) is 52.4 Å². The minimum absolute atomic E-state index is 0.247. The quantitative estimate of drug-likeness (QED) is 0.0972. The van der Waals surface area contributed by atoms with E-state index in [2.05, 4.69) is 9.47 Å². The summed E-state index contributed by atoms with van der Waals surface area (Å²) in [5, 5.41) is 0. The van der Waals surface area contributed by atoms with Gasteiger partial charge in [0.05, 0.1) is 13.2 Å². The van der Waals surface area contributed by atoms with Crippen molar-refractivity contribution in [3.8, 4) is 0 Å². The Hall–Kier alpha value is -2.46. The van der Waals surface area contributed by atoms with Gasteiger partial charge in [0.25, 0.3) is 0 Å². The maximum Gasteiger partial charge on any atom is 0.344 e. The lowest BCUT2D eigenvalue weighted by Gasteiger charge is -2.06. The molecule has 0 atom stereocenters. The van der Waals surface area contributed by atoms with Crippen LogP contribution in [0.25, 0.3) is 0 Å². The van der Waals surface area contributed by atoms with E-state index in [-0.39, 0.29) is 13.2 Å². The van der Waals surface area contributed by atoms with Crippen LogP contribution in [0.4, 0.5) is 0 Å². The lowest BCUT2D eigenvalue weighted by atomic mass is 10.2. The maximum atomic E-state index is 11.5. The summed E-state index contributed by atoms with van der Waals surface area (Å²) in [4.78, 5) is 46.1. The smallest absolute Gasteiger partial charge is 0.344 e. The molecule has 0 aliphatic rings. The Morgan fingerprint density at radius 3 is 1.21 bits per heavy atom. The molecule has 0 saturated carbocycles. The van der Waals surface area contributed by atoms with Crippen LogP contribution in [0.15, 0.2) is 12.2 Å². The molecule has 0 amide bonds. The molecule has 0 fully saturated rings. The Labute approximate surface area is 202 Å². The van der Waals surface area contributed by atoms with Crippen molar-refractivity contribution < 1.29 is 47.6 Å². The third-order valence-electron chi connectivity index (χ3n) is 4.32. The van der Waals surface area contributed by atoms with Gasteiger partial charge in [0.15, 0.2) is 13.2 Å². The molecule has 0 N–H and O–H groups in total. The molecule has 0 saturated heterocycles. The largest absolute Gasteiger partial charge is 0.463 e. The molecule has 0 bridgehead atoms. The van der Waals surface area contributed by atoms with Gasteiger partial charge in [0, 0.05) is 38.6 Å². The van der Waals surface area contributed by atoms with E-state index in [4.69, 9.17) is 18.9 Å². The Bertz CT molecular complexity index is 538. The van der Waals surface area contributed by atoms with Crippen molar-refractivity contribution in [3.05, 3.63) is 12.2 Å². The number of unbranched alkanes of at least 4 members (excludes halogenated alkanes) is 6. The average Bonchev–Trinajstić information content (AvgIpc) is 2.83. The van der Waals surface area contributed by atoms with Gasteiger partial charge in [-0.15, -0.1) is 0 Å². The SMILES string of the molecule is CCOCCCCCCOC(=O)COC(=O)/C=C/C(=O)OCC(=O)OCCCCCCOCC. The fraction of sp³-hybridized carbons (Fsp3) is 0.750. The van der Waals surface area contributed by atoms with Gasteiger partial charge in [-0.25, -0.2) is 19.2 Å². The highest BCUT2D eigenvalue weighted by Gasteiger charge is 2.09. The predicted octanol–water partition coefficient (Wildman–Crippen LogP) is 2.91. The fourth-order valence-corrected chi connectivity index (χ4v) is 2.56. The monoisotopic (exact) mass is 488 g/mol. The number of esters is 4. The summed E-state index contributed by atoms with van der Waals surface area (Å²) >= 11 is 0. The molecular weight excluding hydrogens is 448 g/mol. The molecule has 0 aromatic carbocycles. The molecule has 0 heterocycles. The van der Waals surface area contributed by atoms with E-state index in [0.29, 0.717) is 26.1 Å². The zero-order valence-corrected chi connectivity index (χ0v) is 20.6. The van der Waals surface area contributed by atoms with Crippen molar-refractivity contribution in [3.63, 3.8) is 0 Å². The normalized spacial score (nSPS) is 10.8. The number of ether oxygens (including phenoxy) is 6.